The van der Waals surface area contributed by atoms with Gasteiger partial charge in [-0.2, -0.15) is 11.3 Å². The summed E-state index contributed by atoms with van der Waals surface area (Å²) in [5.41, 5.74) is 1.55. The second-order valence-corrected chi connectivity index (χ2v) is 7.81. The van der Waals surface area contributed by atoms with Crippen molar-refractivity contribution in [2.75, 3.05) is 11.0 Å². The molecule has 25 heavy (non-hydrogen) atoms. The molecular weight excluding hydrogens is 362 g/mol. The summed E-state index contributed by atoms with van der Waals surface area (Å²) in [6.45, 7) is 1.49. The fraction of sp³-hybridized carbons (Fsp3) is 0.176. The molecule has 0 unspecified atom stereocenters. The van der Waals surface area contributed by atoms with Crippen molar-refractivity contribution >= 4 is 44.9 Å². The van der Waals surface area contributed by atoms with Crippen LogP contribution in [0.3, 0.4) is 0 Å². The van der Waals surface area contributed by atoms with Crippen molar-refractivity contribution in [2.24, 2.45) is 0 Å². The second-order valence-electron chi connectivity index (χ2n) is 5.28. The molecule has 1 heterocycles. The number of carbonyl (C=O) groups excluding carboxylic acids is 2. The Morgan fingerprint density at radius 1 is 1.20 bits per heavy atom. The van der Waals surface area contributed by atoms with Gasteiger partial charge in [-0.25, -0.2) is 13.2 Å². The molecule has 1 atom stereocenters. The van der Waals surface area contributed by atoms with Gasteiger partial charge in [0.1, 0.15) is 0 Å². The average Bonchev–Trinajstić information content (AvgIpc) is 3.05. The molecule has 0 aliphatic rings. The summed E-state index contributed by atoms with van der Waals surface area (Å²) in [5.74, 6) is -0.981. The Morgan fingerprint density at radius 2 is 1.88 bits per heavy atom. The number of hydrogen-bond donors (Lipinski definition) is 1. The molecule has 8 heteroatoms. The Labute approximate surface area is 150 Å². The van der Waals surface area contributed by atoms with Gasteiger partial charge in [0, 0.05) is 17.3 Å². The van der Waals surface area contributed by atoms with Crippen LogP contribution in [0.1, 0.15) is 22.8 Å². The maximum absolute atomic E-state index is 12.3. The number of Topliss-reactive ketones (excluding diaryl/α,β-unsaturated/α-hetero) is 1. The molecule has 0 saturated heterocycles. The van der Waals surface area contributed by atoms with Gasteiger partial charge in [-0.1, -0.05) is 0 Å². The van der Waals surface area contributed by atoms with E-state index in [-0.39, 0.29) is 5.78 Å². The number of ether oxygens (including phenoxy) is 1. The number of rotatable bonds is 7. The molecule has 2 rings (SSSR count). The van der Waals surface area contributed by atoms with Crippen LogP contribution in [0, 0.1) is 0 Å². The van der Waals surface area contributed by atoms with E-state index in [1.807, 2.05) is 16.8 Å². The van der Waals surface area contributed by atoms with Gasteiger partial charge in [-0.05, 0) is 59.7 Å². The highest BCUT2D eigenvalue weighted by Gasteiger charge is 2.18. The van der Waals surface area contributed by atoms with Gasteiger partial charge in [-0.15, -0.1) is 0 Å². The highest BCUT2D eigenvalue weighted by Crippen LogP contribution is 2.14. The molecule has 132 valence electrons. The molecule has 1 N–H and O–H groups in total. The van der Waals surface area contributed by atoms with E-state index in [9.17, 15) is 18.0 Å². The number of hydrogen-bond acceptors (Lipinski definition) is 6. The van der Waals surface area contributed by atoms with Crippen LogP contribution in [0.5, 0.6) is 0 Å². The minimum Gasteiger partial charge on any atom is -0.451 e. The van der Waals surface area contributed by atoms with Crippen LogP contribution in [-0.4, -0.2) is 32.5 Å². The third-order valence-electron chi connectivity index (χ3n) is 3.09. The lowest BCUT2D eigenvalue weighted by Gasteiger charge is -2.11. The Kier molecular flexibility index (Phi) is 6.11. The van der Waals surface area contributed by atoms with E-state index >= 15 is 0 Å². The lowest BCUT2D eigenvalue weighted by atomic mass is 10.1. The maximum atomic E-state index is 12.3. The summed E-state index contributed by atoms with van der Waals surface area (Å²) in [4.78, 5) is 24.0. The second kappa shape index (κ2) is 8.09. The monoisotopic (exact) mass is 379 g/mol. The number of anilines is 1. The summed E-state index contributed by atoms with van der Waals surface area (Å²) in [5, 5.41) is 3.77. The molecule has 0 fully saturated rings. The van der Waals surface area contributed by atoms with Crippen molar-refractivity contribution in [2.45, 2.75) is 13.0 Å². The van der Waals surface area contributed by atoms with Gasteiger partial charge < -0.3 is 4.74 Å². The van der Waals surface area contributed by atoms with Gasteiger partial charge in [0.05, 0.1) is 6.26 Å². The number of sulfonamides is 1. The Hall–Kier alpha value is -2.45. The molecular formula is C17H17NO5S2. The van der Waals surface area contributed by atoms with Crippen molar-refractivity contribution in [3.8, 4) is 0 Å². The highest BCUT2D eigenvalue weighted by atomic mass is 32.2. The van der Waals surface area contributed by atoms with Gasteiger partial charge in [0.25, 0.3) is 0 Å². The molecule has 1 aromatic carbocycles. The van der Waals surface area contributed by atoms with Crippen LogP contribution >= 0.6 is 11.3 Å². The molecule has 0 amide bonds. The Morgan fingerprint density at radius 3 is 2.44 bits per heavy atom. The molecule has 0 aliphatic heterocycles. The van der Waals surface area contributed by atoms with Crippen LogP contribution < -0.4 is 4.72 Å². The van der Waals surface area contributed by atoms with Crippen LogP contribution in [0.4, 0.5) is 5.69 Å². The highest BCUT2D eigenvalue weighted by molar-refractivity contribution is 7.92. The van der Waals surface area contributed by atoms with Crippen molar-refractivity contribution in [1.29, 1.82) is 0 Å². The number of benzene rings is 1. The third-order valence-corrected chi connectivity index (χ3v) is 4.40. The quantitative estimate of drug-likeness (QED) is 0.454. The van der Waals surface area contributed by atoms with E-state index in [1.54, 1.807) is 6.08 Å². The zero-order chi connectivity index (χ0) is 18.4. The molecule has 0 bridgehead atoms. The first-order valence-corrected chi connectivity index (χ1v) is 10.1. The first kappa shape index (κ1) is 18.9. The summed E-state index contributed by atoms with van der Waals surface area (Å²) in [6.07, 6.45) is 2.97. The molecule has 2 aromatic rings. The summed E-state index contributed by atoms with van der Waals surface area (Å²) < 4.78 is 29.7. The van der Waals surface area contributed by atoms with Crippen molar-refractivity contribution in [3.63, 3.8) is 0 Å². The summed E-state index contributed by atoms with van der Waals surface area (Å²) in [6, 6.07) is 7.75. The van der Waals surface area contributed by atoms with E-state index in [2.05, 4.69) is 4.72 Å². The SMILES string of the molecule is C[C@@H](OC(=O)/C=C/c1ccsc1)C(=O)c1ccc(NS(C)(=O)=O)cc1. The third kappa shape index (κ3) is 6.17. The van der Waals surface area contributed by atoms with Crippen LogP contribution in [-0.2, 0) is 19.6 Å². The largest absolute Gasteiger partial charge is 0.451 e. The zero-order valence-electron chi connectivity index (χ0n) is 13.6. The van der Waals surface area contributed by atoms with Crippen LogP contribution in [0.25, 0.3) is 6.08 Å². The van der Waals surface area contributed by atoms with Gasteiger partial charge in [0.15, 0.2) is 6.10 Å². The molecule has 0 saturated carbocycles. The predicted octanol–water partition coefficient (Wildman–Crippen LogP) is 2.95. The summed E-state index contributed by atoms with van der Waals surface area (Å²) >= 11 is 1.51. The van der Waals surface area contributed by atoms with E-state index in [4.69, 9.17) is 4.74 Å². The normalized spacial score (nSPS) is 12.7. The van der Waals surface area contributed by atoms with Crippen LogP contribution in [0.15, 0.2) is 47.2 Å². The fourth-order valence-corrected chi connectivity index (χ4v) is 3.15. The maximum Gasteiger partial charge on any atom is 0.331 e. The minimum absolute atomic E-state index is 0.321. The van der Waals surface area contributed by atoms with E-state index in [0.717, 1.165) is 11.8 Å². The van der Waals surface area contributed by atoms with E-state index in [0.29, 0.717) is 11.3 Å². The standard InChI is InChI=1S/C17H17NO5S2/c1-12(23-16(19)8-3-13-9-10-24-11-13)17(20)14-4-6-15(7-5-14)18-25(2,21)22/h3-12,18H,1-2H3/b8-3+/t12-/m1/s1. The van der Waals surface area contributed by atoms with Crippen LogP contribution in [0.2, 0.25) is 0 Å². The fourth-order valence-electron chi connectivity index (χ4n) is 1.95. The lowest BCUT2D eigenvalue weighted by Crippen LogP contribution is -2.23. The van der Waals surface area contributed by atoms with Gasteiger partial charge >= 0.3 is 5.97 Å². The molecule has 0 aliphatic carbocycles. The number of esters is 1. The van der Waals surface area contributed by atoms with Gasteiger partial charge in [-0.3, -0.25) is 9.52 Å². The topological polar surface area (TPSA) is 89.5 Å². The molecule has 6 nitrogen and oxygen atoms in total. The molecule has 1 aromatic heterocycles. The number of thiophene rings is 1. The minimum atomic E-state index is -3.38. The Bertz CT molecular complexity index is 868. The average molecular weight is 379 g/mol. The first-order valence-electron chi connectivity index (χ1n) is 7.27. The van der Waals surface area contributed by atoms with Crippen molar-refractivity contribution < 1.29 is 22.7 Å². The zero-order valence-corrected chi connectivity index (χ0v) is 15.3. The van der Waals surface area contributed by atoms with E-state index < -0.39 is 22.1 Å². The number of nitrogens with one attached hydrogen (secondary N) is 1. The molecule has 0 spiro atoms. The van der Waals surface area contributed by atoms with Crippen molar-refractivity contribution in [3.05, 3.63) is 58.3 Å². The van der Waals surface area contributed by atoms with Gasteiger partial charge in [0.2, 0.25) is 15.8 Å². The number of carbonyl (C=O) groups is 2. The Balaban J connectivity index is 1.96. The van der Waals surface area contributed by atoms with Crippen molar-refractivity contribution in [1.82, 2.24) is 0 Å². The van der Waals surface area contributed by atoms with E-state index in [1.165, 1.54) is 48.6 Å². The lowest BCUT2D eigenvalue weighted by molar-refractivity contribution is -0.140. The smallest absolute Gasteiger partial charge is 0.331 e. The first-order chi connectivity index (χ1) is 11.7. The summed E-state index contributed by atoms with van der Waals surface area (Å²) in [7, 11) is -3.38. The number of ketones is 1. The molecule has 0 radical (unpaired) electrons. The predicted molar refractivity (Wildman–Crippen MR) is 98.1 cm³/mol.